The Morgan fingerprint density at radius 2 is 2.40 bits per heavy atom. The molecule has 0 radical (unpaired) electrons. The summed E-state index contributed by atoms with van der Waals surface area (Å²) in [6, 6.07) is 4.76. The first-order valence-electron chi connectivity index (χ1n) is 6.48. The van der Waals surface area contributed by atoms with E-state index in [-0.39, 0.29) is 10.9 Å². The molecule has 5 nitrogen and oxygen atoms in total. The Bertz CT molecular complexity index is 514. The van der Waals surface area contributed by atoms with Crippen LogP contribution in [-0.4, -0.2) is 33.2 Å². The Hall–Kier alpha value is -0.790. The molecule has 0 bridgehead atoms. The SMILES string of the molecule is CCSC1CCC1(O)CNc1cc(Br)ccc1[N+](=O)[O-]. The molecule has 2 unspecified atom stereocenters. The number of thioether (sulfide) groups is 1. The fourth-order valence-corrected chi connectivity index (χ4v) is 3.85. The van der Waals surface area contributed by atoms with E-state index in [0.717, 1.165) is 23.1 Å². The Kier molecular flexibility index (Phi) is 4.93. The number of rotatable bonds is 6. The van der Waals surface area contributed by atoms with Gasteiger partial charge in [-0.2, -0.15) is 11.8 Å². The van der Waals surface area contributed by atoms with Crippen molar-refractivity contribution < 1.29 is 10.0 Å². The molecule has 7 heteroatoms. The molecule has 1 aromatic carbocycles. The van der Waals surface area contributed by atoms with Crippen LogP contribution in [-0.2, 0) is 0 Å². The van der Waals surface area contributed by atoms with Crippen LogP contribution < -0.4 is 5.32 Å². The average Bonchev–Trinajstić information content (AvgIpc) is 2.40. The first kappa shape index (κ1) is 15.6. The summed E-state index contributed by atoms with van der Waals surface area (Å²) in [5, 5.41) is 24.7. The van der Waals surface area contributed by atoms with Crippen LogP contribution in [0.25, 0.3) is 0 Å². The van der Waals surface area contributed by atoms with Crippen LogP contribution in [0.4, 0.5) is 11.4 Å². The quantitative estimate of drug-likeness (QED) is 0.600. The summed E-state index contributed by atoms with van der Waals surface area (Å²) < 4.78 is 0.769. The lowest BCUT2D eigenvalue weighted by Crippen LogP contribution is -2.54. The zero-order valence-electron chi connectivity index (χ0n) is 11.1. The summed E-state index contributed by atoms with van der Waals surface area (Å²) >= 11 is 5.05. The highest BCUT2D eigenvalue weighted by atomic mass is 79.9. The van der Waals surface area contributed by atoms with Gasteiger partial charge in [0.2, 0.25) is 0 Å². The number of nitrogens with zero attached hydrogens (tertiary/aromatic N) is 1. The molecule has 2 rings (SSSR count). The van der Waals surface area contributed by atoms with Crippen molar-refractivity contribution in [3.05, 3.63) is 32.8 Å². The number of halogens is 1. The van der Waals surface area contributed by atoms with Gasteiger partial charge in [-0.15, -0.1) is 0 Å². The summed E-state index contributed by atoms with van der Waals surface area (Å²) in [4.78, 5) is 10.6. The summed E-state index contributed by atoms with van der Waals surface area (Å²) in [5.74, 6) is 0.962. The van der Waals surface area contributed by atoms with Crippen LogP contribution in [0.3, 0.4) is 0 Å². The highest BCUT2D eigenvalue weighted by Crippen LogP contribution is 2.41. The highest BCUT2D eigenvalue weighted by Gasteiger charge is 2.45. The fourth-order valence-electron chi connectivity index (χ4n) is 2.29. The van der Waals surface area contributed by atoms with E-state index in [1.54, 1.807) is 23.9 Å². The van der Waals surface area contributed by atoms with Crippen molar-refractivity contribution in [1.29, 1.82) is 0 Å². The normalized spacial score (nSPS) is 25.1. The molecule has 0 heterocycles. The summed E-state index contributed by atoms with van der Waals surface area (Å²) in [6.07, 6.45) is 1.73. The minimum Gasteiger partial charge on any atom is -0.387 e. The van der Waals surface area contributed by atoms with E-state index >= 15 is 0 Å². The third-order valence-corrected chi connectivity index (χ3v) is 5.45. The third-order valence-electron chi connectivity index (χ3n) is 3.55. The Morgan fingerprint density at radius 3 is 2.95 bits per heavy atom. The van der Waals surface area contributed by atoms with Crippen LogP contribution in [0.1, 0.15) is 19.8 Å². The molecule has 0 aliphatic heterocycles. The molecule has 1 aliphatic rings. The monoisotopic (exact) mass is 360 g/mol. The number of nitrogens with one attached hydrogen (secondary N) is 1. The van der Waals surface area contributed by atoms with Crippen LogP contribution in [0.15, 0.2) is 22.7 Å². The molecular formula is C13H17BrN2O3S. The molecule has 2 atom stereocenters. The molecule has 0 saturated heterocycles. The summed E-state index contributed by atoms with van der Waals surface area (Å²) in [6.45, 7) is 2.40. The zero-order valence-corrected chi connectivity index (χ0v) is 13.5. The van der Waals surface area contributed by atoms with Gasteiger partial charge < -0.3 is 10.4 Å². The maximum atomic E-state index is 11.0. The molecule has 0 aromatic heterocycles. The van der Waals surface area contributed by atoms with E-state index in [1.165, 1.54) is 6.07 Å². The molecule has 1 fully saturated rings. The number of hydrogen-bond acceptors (Lipinski definition) is 5. The van der Waals surface area contributed by atoms with Crippen molar-refractivity contribution in [3.8, 4) is 0 Å². The molecular weight excluding hydrogens is 344 g/mol. The van der Waals surface area contributed by atoms with Gasteiger partial charge in [-0.1, -0.05) is 22.9 Å². The van der Waals surface area contributed by atoms with E-state index in [4.69, 9.17) is 0 Å². The predicted molar refractivity (Wildman–Crippen MR) is 85.4 cm³/mol. The Balaban J connectivity index is 2.07. The van der Waals surface area contributed by atoms with Gasteiger partial charge in [0.1, 0.15) is 5.69 Å². The van der Waals surface area contributed by atoms with Crippen molar-refractivity contribution in [2.24, 2.45) is 0 Å². The van der Waals surface area contributed by atoms with Crippen molar-refractivity contribution in [2.75, 3.05) is 17.6 Å². The number of anilines is 1. The molecule has 2 N–H and O–H groups in total. The topological polar surface area (TPSA) is 75.4 Å². The molecule has 0 amide bonds. The maximum Gasteiger partial charge on any atom is 0.292 e. The van der Waals surface area contributed by atoms with Crippen LogP contribution >= 0.6 is 27.7 Å². The maximum absolute atomic E-state index is 11.0. The number of benzene rings is 1. The minimum absolute atomic E-state index is 0.0239. The number of nitro groups is 1. The lowest BCUT2D eigenvalue weighted by molar-refractivity contribution is -0.384. The van der Waals surface area contributed by atoms with E-state index in [1.807, 2.05) is 0 Å². The molecule has 20 heavy (non-hydrogen) atoms. The average molecular weight is 361 g/mol. The van der Waals surface area contributed by atoms with Gasteiger partial charge in [-0.25, -0.2) is 0 Å². The Morgan fingerprint density at radius 1 is 1.65 bits per heavy atom. The van der Waals surface area contributed by atoms with Crippen LogP contribution in [0.5, 0.6) is 0 Å². The number of hydrogen-bond donors (Lipinski definition) is 2. The van der Waals surface area contributed by atoms with E-state index < -0.39 is 10.5 Å². The van der Waals surface area contributed by atoms with Crippen LogP contribution in [0, 0.1) is 10.1 Å². The van der Waals surface area contributed by atoms with Gasteiger partial charge in [0.15, 0.2) is 0 Å². The molecule has 110 valence electrons. The molecule has 0 spiro atoms. The van der Waals surface area contributed by atoms with Crippen molar-refractivity contribution >= 4 is 39.1 Å². The molecule has 1 aromatic rings. The lowest BCUT2D eigenvalue weighted by Gasteiger charge is -2.45. The second-order valence-electron chi connectivity index (χ2n) is 4.86. The Labute approximate surface area is 130 Å². The summed E-state index contributed by atoms with van der Waals surface area (Å²) in [7, 11) is 0. The largest absolute Gasteiger partial charge is 0.387 e. The van der Waals surface area contributed by atoms with E-state index in [0.29, 0.717) is 12.2 Å². The summed E-state index contributed by atoms with van der Waals surface area (Å²) in [5.41, 5.74) is -0.308. The van der Waals surface area contributed by atoms with Gasteiger partial charge in [-0.05, 0) is 30.7 Å². The van der Waals surface area contributed by atoms with Crippen molar-refractivity contribution in [2.45, 2.75) is 30.6 Å². The fraction of sp³-hybridized carbons (Fsp3) is 0.538. The van der Waals surface area contributed by atoms with Gasteiger partial charge in [-0.3, -0.25) is 10.1 Å². The highest BCUT2D eigenvalue weighted by molar-refractivity contribution is 9.10. The van der Waals surface area contributed by atoms with E-state index in [9.17, 15) is 15.2 Å². The predicted octanol–water partition coefficient (Wildman–Crippen LogP) is 3.42. The first-order chi connectivity index (χ1) is 9.46. The smallest absolute Gasteiger partial charge is 0.292 e. The molecule has 1 aliphatic carbocycles. The molecule has 1 saturated carbocycles. The zero-order chi connectivity index (χ0) is 14.8. The standard InChI is InChI=1S/C13H17BrN2O3S/c1-2-20-12-5-6-13(12,17)8-15-10-7-9(14)3-4-11(10)16(18)19/h3-4,7,12,15,17H,2,5-6,8H2,1H3. The van der Waals surface area contributed by atoms with Crippen molar-refractivity contribution in [3.63, 3.8) is 0 Å². The second kappa shape index (κ2) is 6.32. The number of aliphatic hydroxyl groups is 1. The first-order valence-corrected chi connectivity index (χ1v) is 8.32. The third kappa shape index (κ3) is 3.27. The lowest BCUT2D eigenvalue weighted by atomic mass is 9.79. The minimum atomic E-state index is -0.767. The van der Waals surface area contributed by atoms with Gasteiger partial charge >= 0.3 is 0 Å². The van der Waals surface area contributed by atoms with Crippen molar-refractivity contribution in [1.82, 2.24) is 0 Å². The van der Waals surface area contributed by atoms with Gasteiger partial charge in [0.25, 0.3) is 5.69 Å². The van der Waals surface area contributed by atoms with Gasteiger partial charge in [0.05, 0.1) is 10.5 Å². The van der Waals surface area contributed by atoms with Gasteiger partial charge in [0, 0.05) is 22.3 Å². The number of nitro benzene ring substituents is 1. The van der Waals surface area contributed by atoms with Crippen LogP contribution in [0.2, 0.25) is 0 Å². The second-order valence-corrected chi connectivity index (χ2v) is 7.25. The van der Waals surface area contributed by atoms with E-state index in [2.05, 4.69) is 28.2 Å².